The summed E-state index contributed by atoms with van der Waals surface area (Å²) in [6.45, 7) is 3.64. The van der Waals surface area contributed by atoms with Gasteiger partial charge < -0.3 is 19.6 Å². The van der Waals surface area contributed by atoms with Crippen molar-refractivity contribution >= 4 is 22.1 Å². The molecule has 1 aromatic heterocycles. The number of hydrogen-bond acceptors (Lipinski definition) is 4. The summed E-state index contributed by atoms with van der Waals surface area (Å²) in [5, 5.41) is 13.9. The number of allylic oxidation sites excluding steroid dienone is 2. The van der Waals surface area contributed by atoms with Crippen LogP contribution in [0.25, 0.3) is 22.1 Å². The third-order valence-corrected chi connectivity index (χ3v) is 5.66. The largest absolute Gasteiger partial charge is 0.508 e. The standard InChI is InChI=1S/C28H29NO3/c1-3-26(22-8-13-28-23(19-22)14-16-32-28)27(18-20-4-9-24(30)10-5-20)21-6-11-25(12-7-21)31-17-15-29-2/h4-14,16,19,29-30H,3,15,17-18H2,1-2H3. The fraction of sp³-hybridized carbons (Fsp3) is 0.214. The van der Waals surface area contributed by atoms with Crippen molar-refractivity contribution in [2.24, 2.45) is 0 Å². The topological polar surface area (TPSA) is 54.6 Å². The van der Waals surface area contributed by atoms with Crippen molar-refractivity contribution < 1.29 is 14.3 Å². The summed E-state index contributed by atoms with van der Waals surface area (Å²) in [6, 6.07) is 24.2. The Morgan fingerprint density at radius 2 is 1.66 bits per heavy atom. The number of nitrogens with one attached hydrogen (secondary N) is 1. The van der Waals surface area contributed by atoms with Gasteiger partial charge in [0.25, 0.3) is 0 Å². The fourth-order valence-corrected chi connectivity index (χ4v) is 3.97. The third-order valence-electron chi connectivity index (χ3n) is 5.66. The van der Waals surface area contributed by atoms with Crippen molar-refractivity contribution in [1.29, 1.82) is 0 Å². The average Bonchev–Trinajstić information content (AvgIpc) is 3.29. The molecule has 0 unspecified atom stereocenters. The van der Waals surface area contributed by atoms with E-state index < -0.39 is 0 Å². The van der Waals surface area contributed by atoms with E-state index in [2.05, 4.69) is 36.5 Å². The second kappa shape index (κ2) is 10.2. The fourth-order valence-electron chi connectivity index (χ4n) is 3.97. The zero-order valence-corrected chi connectivity index (χ0v) is 18.6. The highest BCUT2D eigenvalue weighted by Crippen LogP contribution is 2.34. The molecule has 2 N–H and O–H groups in total. The van der Waals surface area contributed by atoms with Crippen molar-refractivity contribution in [3.63, 3.8) is 0 Å². The van der Waals surface area contributed by atoms with Crippen LogP contribution >= 0.6 is 0 Å². The van der Waals surface area contributed by atoms with E-state index in [9.17, 15) is 5.11 Å². The molecule has 4 rings (SSSR count). The van der Waals surface area contributed by atoms with Crippen molar-refractivity contribution in [2.75, 3.05) is 20.2 Å². The molecule has 0 atom stereocenters. The van der Waals surface area contributed by atoms with Gasteiger partial charge in [-0.15, -0.1) is 0 Å². The van der Waals surface area contributed by atoms with Crippen LogP contribution in [-0.2, 0) is 6.42 Å². The second-order valence-electron chi connectivity index (χ2n) is 7.80. The predicted octanol–water partition coefficient (Wildman–Crippen LogP) is 6.30. The maximum Gasteiger partial charge on any atom is 0.133 e. The molecule has 0 aliphatic rings. The van der Waals surface area contributed by atoms with Crippen LogP contribution in [0.4, 0.5) is 0 Å². The Bertz CT molecular complexity index is 1190. The number of benzene rings is 3. The SMILES string of the molecule is CCC(=C(Cc1ccc(O)cc1)c1ccc(OCCNC)cc1)c1ccc2occc2c1. The molecule has 3 aromatic carbocycles. The number of phenols is 1. The summed E-state index contributed by atoms with van der Waals surface area (Å²) in [4.78, 5) is 0. The Balaban J connectivity index is 1.75. The molecule has 0 saturated heterocycles. The molecule has 0 saturated carbocycles. The minimum Gasteiger partial charge on any atom is -0.508 e. The number of furan rings is 1. The summed E-state index contributed by atoms with van der Waals surface area (Å²) in [7, 11) is 1.92. The lowest BCUT2D eigenvalue weighted by Gasteiger charge is -2.17. The Hall–Kier alpha value is -3.50. The van der Waals surface area contributed by atoms with Crippen LogP contribution in [0.3, 0.4) is 0 Å². The number of ether oxygens (including phenoxy) is 1. The lowest BCUT2D eigenvalue weighted by atomic mass is 9.88. The van der Waals surface area contributed by atoms with Crippen molar-refractivity contribution in [2.45, 2.75) is 19.8 Å². The smallest absolute Gasteiger partial charge is 0.133 e. The molecule has 0 aliphatic carbocycles. The first-order valence-electron chi connectivity index (χ1n) is 11.0. The first-order chi connectivity index (χ1) is 15.7. The van der Waals surface area contributed by atoms with Crippen molar-refractivity contribution in [1.82, 2.24) is 5.32 Å². The van der Waals surface area contributed by atoms with E-state index >= 15 is 0 Å². The second-order valence-corrected chi connectivity index (χ2v) is 7.80. The van der Waals surface area contributed by atoms with Gasteiger partial charge in [0.1, 0.15) is 23.7 Å². The number of phenolic OH excluding ortho intramolecular Hbond substituents is 1. The number of hydrogen-bond donors (Lipinski definition) is 2. The number of fused-ring (bicyclic) bond motifs is 1. The molecule has 0 bridgehead atoms. The van der Waals surface area contributed by atoms with Crippen LogP contribution in [0, 0.1) is 0 Å². The van der Waals surface area contributed by atoms with Gasteiger partial charge in [0.15, 0.2) is 0 Å². The normalized spacial score (nSPS) is 12.1. The van der Waals surface area contributed by atoms with Gasteiger partial charge in [0.2, 0.25) is 0 Å². The monoisotopic (exact) mass is 427 g/mol. The third kappa shape index (κ3) is 5.04. The summed E-state index contributed by atoms with van der Waals surface area (Å²) >= 11 is 0. The van der Waals surface area contributed by atoms with E-state index in [1.54, 1.807) is 18.4 Å². The summed E-state index contributed by atoms with van der Waals surface area (Å²) in [5.41, 5.74) is 6.98. The van der Waals surface area contributed by atoms with Gasteiger partial charge in [-0.3, -0.25) is 0 Å². The van der Waals surface area contributed by atoms with Crippen LogP contribution in [0.5, 0.6) is 11.5 Å². The molecule has 0 fully saturated rings. The zero-order valence-electron chi connectivity index (χ0n) is 18.6. The maximum absolute atomic E-state index is 9.70. The molecular formula is C28H29NO3. The predicted molar refractivity (Wildman–Crippen MR) is 131 cm³/mol. The van der Waals surface area contributed by atoms with Gasteiger partial charge in [-0.2, -0.15) is 0 Å². The molecule has 0 aliphatic heterocycles. The lowest BCUT2D eigenvalue weighted by Crippen LogP contribution is -2.15. The average molecular weight is 428 g/mol. The first-order valence-corrected chi connectivity index (χ1v) is 11.0. The molecule has 164 valence electrons. The lowest BCUT2D eigenvalue weighted by molar-refractivity contribution is 0.318. The van der Waals surface area contributed by atoms with Crippen LogP contribution in [0.15, 0.2) is 83.5 Å². The maximum atomic E-state index is 9.70. The quantitative estimate of drug-likeness (QED) is 0.243. The van der Waals surface area contributed by atoms with E-state index in [4.69, 9.17) is 9.15 Å². The molecular weight excluding hydrogens is 398 g/mol. The summed E-state index contributed by atoms with van der Waals surface area (Å²) in [5.74, 6) is 1.15. The highest BCUT2D eigenvalue weighted by atomic mass is 16.5. The molecule has 0 radical (unpaired) electrons. The van der Waals surface area contributed by atoms with Crippen molar-refractivity contribution in [3.8, 4) is 11.5 Å². The molecule has 0 spiro atoms. The highest BCUT2D eigenvalue weighted by molar-refractivity contribution is 5.94. The first kappa shape index (κ1) is 21.7. The van der Waals surface area contributed by atoms with E-state index in [0.717, 1.165) is 41.7 Å². The molecule has 1 heterocycles. The molecule has 4 nitrogen and oxygen atoms in total. The zero-order chi connectivity index (χ0) is 22.3. The van der Waals surface area contributed by atoms with E-state index in [-0.39, 0.29) is 5.75 Å². The number of rotatable bonds is 9. The van der Waals surface area contributed by atoms with Crippen LogP contribution in [-0.4, -0.2) is 25.3 Å². The number of likely N-dealkylation sites (N-methyl/N-ethyl adjacent to an activating group) is 1. The van der Waals surface area contributed by atoms with Crippen LogP contribution in [0.1, 0.15) is 30.0 Å². The molecule has 4 aromatic rings. The van der Waals surface area contributed by atoms with E-state index in [1.165, 1.54) is 22.3 Å². The van der Waals surface area contributed by atoms with Gasteiger partial charge >= 0.3 is 0 Å². The minimum absolute atomic E-state index is 0.281. The van der Waals surface area contributed by atoms with Gasteiger partial charge in [0.05, 0.1) is 6.26 Å². The Morgan fingerprint density at radius 1 is 0.906 bits per heavy atom. The van der Waals surface area contributed by atoms with Crippen molar-refractivity contribution in [3.05, 3.63) is 95.7 Å². The number of aromatic hydroxyl groups is 1. The molecule has 32 heavy (non-hydrogen) atoms. The molecule has 0 amide bonds. The van der Waals surface area contributed by atoms with Gasteiger partial charge in [-0.25, -0.2) is 0 Å². The van der Waals surface area contributed by atoms with E-state index in [0.29, 0.717) is 6.61 Å². The Labute approximate surface area is 189 Å². The summed E-state index contributed by atoms with van der Waals surface area (Å²) in [6.07, 6.45) is 3.40. The minimum atomic E-state index is 0.281. The Kier molecular flexibility index (Phi) is 6.93. The van der Waals surface area contributed by atoms with Gasteiger partial charge in [-0.05, 0) is 90.2 Å². The van der Waals surface area contributed by atoms with Crippen LogP contribution in [0.2, 0.25) is 0 Å². The van der Waals surface area contributed by atoms with Gasteiger partial charge in [0, 0.05) is 11.9 Å². The van der Waals surface area contributed by atoms with E-state index in [1.807, 2.05) is 43.4 Å². The van der Waals surface area contributed by atoms with Crippen LogP contribution < -0.4 is 10.1 Å². The van der Waals surface area contributed by atoms with Gasteiger partial charge in [-0.1, -0.05) is 37.3 Å². The molecule has 4 heteroatoms. The summed E-state index contributed by atoms with van der Waals surface area (Å²) < 4.78 is 11.3. The highest BCUT2D eigenvalue weighted by Gasteiger charge is 2.13. The Morgan fingerprint density at radius 3 is 2.38 bits per heavy atom.